The fraction of sp³-hybridized carbons (Fsp3) is 0. The molecule has 4 nitrogen and oxygen atoms in total. The molecular weight excluding hydrogens is 150 g/mol. The maximum absolute atomic E-state index is 8.91. The van der Waals surface area contributed by atoms with Crippen LogP contribution in [0, 0.1) is 11.3 Å². The predicted octanol–water partition coefficient (Wildman–Crippen LogP) is 0.490. The van der Waals surface area contributed by atoms with E-state index < -0.39 is 0 Å². The molecule has 0 unspecified atom stereocenters. The van der Waals surface area contributed by atoms with Gasteiger partial charge in [-0.25, -0.2) is 0 Å². The van der Waals surface area contributed by atoms with Gasteiger partial charge in [-0.1, -0.05) is 11.3 Å². The van der Waals surface area contributed by atoms with Crippen LogP contribution in [-0.4, -0.2) is 5.11 Å². The number of nitrogen functional groups attached to an aromatic ring is 2. The van der Waals surface area contributed by atoms with E-state index in [1.165, 1.54) is 0 Å². The van der Waals surface area contributed by atoms with Gasteiger partial charge in [-0.15, -0.1) is 0 Å². The molecule has 0 amide bonds. The summed E-state index contributed by atoms with van der Waals surface area (Å²) in [4.78, 5) is 0. The van der Waals surface area contributed by atoms with Crippen LogP contribution in [0.4, 0.5) is 10.7 Å². The summed E-state index contributed by atoms with van der Waals surface area (Å²) in [5.41, 5.74) is 10.8. The number of nitrogens with two attached hydrogens (primary N) is 2. The second kappa shape index (κ2) is 2.08. The summed E-state index contributed by atoms with van der Waals surface area (Å²) in [5, 5.41) is 17.5. The van der Waals surface area contributed by atoms with Crippen LogP contribution >= 0.6 is 11.3 Å². The number of aromatic hydroxyl groups is 1. The van der Waals surface area contributed by atoms with Gasteiger partial charge in [-0.05, 0) is 0 Å². The van der Waals surface area contributed by atoms with Crippen LogP contribution in [0.1, 0.15) is 5.56 Å². The number of rotatable bonds is 0. The van der Waals surface area contributed by atoms with Gasteiger partial charge in [-0.2, -0.15) is 5.26 Å². The number of hydrogen-bond acceptors (Lipinski definition) is 5. The number of hydrogen-bond donors (Lipinski definition) is 3. The molecule has 1 rings (SSSR count). The monoisotopic (exact) mass is 155 g/mol. The van der Waals surface area contributed by atoms with Crippen molar-refractivity contribution in [2.75, 3.05) is 11.5 Å². The van der Waals surface area contributed by atoms with E-state index in [9.17, 15) is 0 Å². The molecule has 52 valence electrons. The number of thiophene rings is 1. The average Bonchev–Trinajstić information content (AvgIpc) is 2.09. The highest BCUT2D eigenvalue weighted by Crippen LogP contribution is 2.37. The van der Waals surface area contributed by atoms with E-state index in [1.807, 2.05) is 0 Å². The van der Waals surface area contributed by atoms with E-state index in [4.69, 9.17) is 21.8 Å². The molecule has 10 heavy (non-hydrogen) atoms. The van der Waals surface area contributed by atoms with Gasteiger partial charge in [0.15, 0.2) is 5.06 Å². The summed E-state index contributed by atoms with van der Waals surface area (Å²) in [7, 11) is 0. The number of anilines is 2. The van der Waals surface area contributed by atoms with Crippen molar-refractivity contribution in [1.29, 1.82) is 5.26 Å². The second-order valence-electron chi connectivity index (χ2n) is 1.67. The summed E-state index contributed by atoms with van der Waals surface area (Å²) in [6.07, 6.45) is 0. The molecule has 0 aliphatic heterocycles. The largest absolute Gasteiger partial charge is 0.498 e. The first kappa shape index (κ1) is 6.71. The predicted molar refractivity (Wildman–Crippen MR) is 39.5 cm³/mol. The lowest BCUT2D eigenvalue weighted by Gasteiger charge is -1.85. The molecule has 1 heterocycles. The summed E-state index contributed by atoms with van der Waals surface area (Å²) in [6.45, 7) is 0. The molecule has 0 aromatic carbocycles. The summed E-state index contributed by atoms with van der Waals surface area (Å²) >= 11 is 0.906. The fourth-order valence-corrected chi connectivity index (χ4v) is 1.24. The quantitative estimate of drug-likeness (QED) is 0.508. The van der Waals surface area contributed by atoms with Gasteiger partial charge in [0.25, 0.3) is 0 Å². The molecule has 0 aliphatic rings. The molecule has 0 saturated heterocycles. The highest BCUT2D eigenvalue weighted by atomic mass is 32.1. The van der Waals surface area contributed by atoms with Gasteiger partial charge in [-0.3, -0.25) is 0 Å². The fourth-order valence-electron chi connectivity index (χ4n) is 0.565. The zero-order valence-electron chi connectivity index (χ0n) is 4.96. The first-order chi connectivity index (χ1) is 4.66. The smallest absolute Gasteiger partial charge is 0.198 e. The van der Waals surface area contributed by atoms with E-state index in [0.29, 0.717) is 0 Å². The Balaban J connectivity index is 3.37. The van der Waals surface area contributed by atoms with Crippen molar-refractivity contribution in [2.24, 2.45) is 0 Å². The highest BCUT2D eigenvalue weighted by Gasteiger charge is 2.11. The lowest BCUT2D eigenvalue weighted by atomic mass is 10.3. The molecule has 5 N–H and O–H groups in total. The van der Waals surface area contributed by atoms with Crippen molar-refractivity contribution in [3.05, 3.63) is 5.56 Å². The van der Waals surface area contributed by atoms with E-state index in [2.05, 4.69) is 0 Å². The van der Waals surface area contributed by atoms with E-state index in [1.54, 1.807) is 6.07 Å². The Morgan fingerprint density at radius 3 is 2.30 bits per heavy atom. The molecule has 5 heteroatoms. The number of nitriles is 1. The maximum atomic E-state index is 8.91. The third-order valence-corrected chi connectivity index (χ3v) is 1.90. The lowest BCUT2D eigenvalue weighted by molar-refractivity contribution is 0.493. The second-order valence-corrected chi connectivity index (χ2v) is 2.70. The number of nitrogens with zero attached hydrogens (tertiary/aromatic N) is 1. The topological polar surface area (TPSA) is 96.1 Å². The Morgan fingerprint density at radius 2 is 2.10 bits per heavy atom. The SMILES string of the molecule is N#Cc1c(N)sc(O)c1N. The molecule has 0 saturated carbocycles. The minimum atomic E-state index is -0.0888. The molecule has 0 radical (unpaired) electrons. The molecule has 0 aliphatic carbocycles. The first-order valence-electron chi connectivity index (χ1n) is 2.43. The van der Waals surface area contributed by atoms with Gasteiger partial charge >= 0.3 is 0 Å². The van der Waals surface area contributed by atoms with E-state index in [0.717, 1.165) is 11.3 Å². The van der Waals surface area contributed by atoms with E-state index >= 15 is 0 Å². The van der Waals surface area contributed by atoms with Crippen molar-refractivity contribution in [2.45, 2.75) is 0 Å². The van der Waals surface area contributed by atoms with Crippen molar-refractivity contribution >= 4 is 22.0 Å². The normalized spacial score (nSPS) is 9.10. The Morgan fingerprint density at radius 1 is 1.50 bits per heavy atom. The Kier molecular flexibility index (Phi) is 1.39. The molecule has 0 bridgehead atoms. The maximum Gasteiger partial charge on any atom is 0.198 e. The van der Waals surface area contributed by atoms with Crippen molar-refractivity contribution in [1.82, 2.24) is 0 Å². The van der Waals surface area contributed by atoms with Gasteiger partial charge in [0.1, 0.15) is 22.3 Å². The third-order valence-electron chi connectivity index (χ3n) is 1.06. The van der Waals surface area contributed by atoms with Crippen LogP contribution in [0.15, 0.2) is 0 Å². The highest BCUT2D eigenvalue weighted by molar-refractivity contribution is 7.18. The van der Waals surface area contributed by atoms with Crippen LogP contribution < -0.4 is 11.5 Å². The molecule has 0 atom stereocenters. The molecule has 0 fully saturated rings. The molecule has 1 aromatic rings. The minimum Gasteiger partial charge on any atom is -0.498 e. The summed E-state index contributed by atoms with van der Waals surface area (Å²) in [5.74, 6) is 0. The van der Waals surface area contributed by atoms with Crippen molar-refractivity contribution in [3.63, 3.8) is 0 Å². The van der Waals surface area contributed by atoms with Crippen LogP contribution in [0.5, 0.6) is 5.06 Å². The van der Waals surface area contributed by atoms with E-state index in [-0.39, 0.29) is 21.3 Å². The molecular formula is C5H5N3OS. The Labute approximate surface area is 61.3 Å². The molecule has 1 aromatic heterocycles. The van der Waals surface area contributed by atoms with Crippen LogP contribution in [-0.2, 0) is 0 Å². The summed E-state index contributed by atoms with van der Waals surface area (Å²) in [6, 6.07) is 1.78. The van der Waals surface area contributed by atoms with Gasteiger partial charge in [0.05, 0.1) is 0 Å². The Bertz CT molecular complexity index is 299. The lowest BCUT2D eigenvalue weighted by Crippen LogP contribution is -1.88. The standard InChI is InChI=1S/C5H5N3OS/c6-1-2-3(7)5(9)10-4(2)8/h9H,7-8H2. The average molecular weight is 155 g/mol. The first-order valence-corrected chi connectivity index (χ1v) is 3.25. The van der Waals surface area contributed by atoms with Crippen molar-refractivity contribution in [3.8, 4) is 11.1 Å². The van der Waals surface area contributed by atoms with Crippen molar-refractivity contribution < 1.29 is 5.11 Å². The zero-order chi connectivity index (χ0) is 7.72. The zero-order valence-corrected chi connectivity index (χ0v) is 5.77. The summed E-state index contributed by atoms with van der Waals surface area (Å²) < 4.78 is 0. The third kappa shape index (κ3) is 0.748. The van der Waals surface area contributed by atoms with Gasteiger partial charge < -0.3 is 16.6 Å². The van der Waals surface area contributed by atoms with Crippen LogP contribution in [0.25, 0.3) is 0 Å². The van der Waals surface area contributed by atoms with Gasteiger partial charge in [0.2, 0.25) is 0 Å². The van der Waals surface area contributed by atoms with Crippen LogP contribution in [0.2, 0.25) is 0 Å². The minimum absolute atomic E-state index is 0.0741. The molecule has 0 spiro atoms. The Hall–Kier alpha value is -1.41. The van der Waals surface area contributed by atoms with Crippen LogP contribution in [0.3, 0.4) is 0 Å². The van der Waals surface area contributed by atoms with Gasteiger partial charge in [0, 0.05) is 0 Å².